The quantitative estimate of drug-likeness (QED) is 0.134. The van der Waals surface area contributed by atoms with E-state index in [1.165, 1.54) is 39.3 Å². The molecule has 0 saturated heterocycles. The second kappa shape index (κ2) is 12.5. The van der Waals surface area contributed by atoms with Gasteiger partial charge in [-0.05, 0) is 52.9 Å². The SMILES string of the molecule is CC(C)c1cccc(C(C)C)c1-n1ccnc1-c1[c-]cccc1.CN1[CH-]N2c3c([S-])cccc3C(C)(C)c3cccc1c32.[Ir+3]. The van der Waals surface area contributed by atoms with Gasteiger partial charge in [0.1, 0.15) is 0 Å². The van der Waals surface area contributed by atoms with Crippen molar-refractivity contribution in [2.24, 2.45) is 0 Å². The van der Waals surface area contributed by atoms with Gasteiger partial charge in [0.05, 0.1) is 5.82 Å². The van der Waals surface area contributed by atoms with E-state index in [0.29, 0.717) is 11.8 Å². The zero-order valence-corrected chi connectivity index (χ0v) is 29.6. The number of imidazole rings is 1. The first kappa shape index (κ1) is 32.0. The minimum Gasteiger partial charge on any atom is -0.778 e. The maximum Gasteiger partial charge on any atom is 3.00 e. The third-order valence-electron chi connectivity index (χ3n) is 8.68. The Hall–Kier alpha value is -3.44. The van der Waals surface area contributed by atoms with Crippen molar-refractivity contribution in [1.82, 2.24) is 9.55 Å². The van der Waals surface area contributed by atoms with Gasteiger partial charge in [-0.3, -0.25) is 4.98 Å². The summed E-state index contributed by atoms with van der Waals surface area (Å²) in [5, 5.41) is 0. The molecule has 2 aliphatic heterocycles. The van der Waals surface area contributed by atoms with Crippen LogP contribution in [-0.2, 0) is 38.1 Å². The molecule has 0 N–H and O–H groups in total. The molecular weight excluding hydrogens is 737 g/mol. The Morgan fingerprint density at radius 2 is 1.43 bits per heavy atom. The van der Waals surface area contributed by atoms with E-state index in [0.717, 1.165) is 22.0 Å². The molecule has 226 valence electrons. The number of anilines is 3. The van der Waals surface area contributed by atoms with Crippen molar-refractivity contribution < 1.29 is 20.1 Å². The molecule has 3 heterocycles. The van der Waals surface area contributed by atoms with Gasteiger partial charge in [-0.1, -0.05) is 90.1 Å². The minimum absolute atomic E-state index is 0. The van der Waals surface area contributed by atoms with Crippen molar-refractivity contribution in [3.63, 3.8) is 0 Å². The summed E-state index contributed by atoms with van der Waals surface area (Å²) in [6, 6.07) is 30.8. The van der Waals surface area contributed by atoms with Crippen molar-refractivity contribution in [3.8, 4) is 17.1 Å². The summed E-state index contributed by atoms with van der Waals surface area (Å²) in [6.07, 6.45) is 3.93. The van der Waals surface area contributed by atoms with Crippen LogP contribution in [0.3, 0.4) is 0 Å². The number of hydrogen-bond donors (Lipinski definition) is 0. The molecule has 0 aliphatic carbocycles. The zero-order valence-electron chi connectivity index (χ0n) is 26.4. The fourth-order valence-corrected chi connectivity index (χ4v) is 6.75. The third-order valence-corrected chi connectivity index (χ3v) is 9.01. The van der Waals surface area contributed by atoms with Gasteiger partial charge < -0.3 is 27.0 Å². The maximum absolute atomic E-state index is 5.60. The molecule has 0 spiro atoms. The van der Waals surface area contributed by atoms with Crippen LogP contribution >= 0.6 is 0 Å². The van der Waals surface area contributed by atoms with Crippen LogP contribution in [0.4, 0.5) is 17.1 Å². The summed E-state index contributed by atoms with van der Waals surface area (Å²) in [5.41, 5.74) is 11.3. The molecule has 0 radical (unpaired) electrons. The molecular formula is C38H39IrN4S. The first-order valence-electron chi connectivity index (χ1n) is 15.1. The molecule has 1 aromatic heterocycles. The number of aromatic nitrogens is 2. The Morgan fingerprint density at radius 1 is 0.795 bits per heavy atom. The van der Waals surface area contributed by atoms with E-state index in [1.807, 2.05) is 30.5 Å². The van der Waals surface area contributed by atoms with E-state index in [-0.39, 0.29) is 25.5 Å². The number of fused-ring (bicyclic) bond motifs is 2. The molecule has 6 heteroatoms. The molecule has 0 bridgehead atoms. The van der Waals surface area contributed by atoms with Gasteiger partial charge in [0, 0.05) is 34.9 Å². The summed E-state index contributed by atoms with van der Waals surface area (Å²) in [5.74, 6) is 1.86. The molecule has 4 nitrogen and oxygen atoms in total. The Labute approximate surface area is 281 Å². The van der Waals surface area contributed by atoms with Gasteiger partial charge in [0.25, 0.3) is 0 Å². The fraction of sp³-hybridized carbons (Fsp3) is 0.263. The van der Waals surface area contributed by atoms with Gasteiger partial charge in [0.2, 0.25) is 0 Å². The van der Waals surface area contributed by atoms with Gasteiger partial charge in [-0.2, -0.15) is 11.6 Å². The van der Waals surface area contributed by atoms with E-state index in [4.69, 9.17) is 12.6 Å². The number of rotatable bonds is 4. The molecule has 7 rings (SSSR count). The first-order chi connectivity index (χ1) is 20.6. The van der Waals surface area contributed by atoms with Crippen LogP contribution in [0.2, 0.25) is 0 Å². The van der Waals surface area contributed by atoms with Gasteiger partial charge >= 0.3 is 20.1 Å². The van der Waals surface area contributed by atoms with Crippen LogP contribution in [0.1, 0.15) is 75.6 Å². The summed E-state index contributed by atoms with van der Waals surface area (Å²) in [6.45, 7) is 15.7. The predicted molar refractivity (Wildman–Crippen MR) is 181 cm³/mol. The predicted octanol–water partition coefficient (Wildman–Crippen LogP) is 9.52. The topological polar surface area (TPSA) is 24.3 Å². The third kappa shape index (κ3) is 5.38. The van der Waals surface area contributed by atoms with Crippen LogP contribution in [-0.4, -0.2) is 16.6 Å². The second-order valence-corrected chi connectivity index (χ2v) is 13.0. The summed E-state index contributed by atoms with van der Waals surface area (Å²) < 4.78 is 2.22. The summed E-state index contributed by atoms with van der Waals surface area (Å²) >= 11 is 5.60. The van der Waals surface area contributed by atoms with Gasteiger partial charge in [0.15, 0.2) is 0 Å². The number of para-hydroxylation sites is 3. The Morgan fingerprint density at radius 3 is 2.07 bits per heavy atom. The first-order valence-corrected chi connectivity index (χ1v) is 15.5. The van der Waals surface area contributed by atoms with E-state index < -0.39 is 0 Å². The van der Waals surface area contributed by atoms with Crippen molar-refractivity contribution in [1.29, 1.82) is 0 Å². The molecule has 2 aliphatic rings. The maximum atomic E-state index is 5.60. The van der Waals surface area contributed by atoms with E-state index >= 15 is 0 Å². The fourth-order valence-electron chi connectivity index (χ4n) is 6.46. The monoisotopic (exact) mass is 776 g/mol. The minimum atomic E-state index is -0.0228. The zero-order chi connectivity index (χ0) is 30.5. The number of hydrogen-bond acceptors (Lipinski definition) is 4. The normalized spacial score (nSPS) is 14.1. The molecule has 4 aromatic carbocycles. The van der Waals surface area contributed by atoms with Crippen molar-refractivity contribution in [2.45, 2.75) is 63.7 Å². The standard InChI is InChI=1S/C21H23N2.C17H17N2S.Ir/c1-15(2)18-11-8-12-19(16(3)4)20(18)23-14-13-22-21(23)17-9-6-5-7-10-17;1-17(2)11-6-4-8-13-15(11)19(10-18(13)3)16-12(17)7-5-9-14(16)20;/h5-9,11-16H,1-4H3;4-10,20H,1-3H3;/q2*-1;+3/p-1. The largest absolute Gasteiger partial charge is 3.00 e. The van der Waals surface area contributed by atoms with Gasteiger partial charge in [-0.25, -0.2) is 0 Å². The van der Waals surface area contributed by atoms with Crippen molar-refractivity contribution >= 4 is 29.7 Å². The van der Waals surface area contributed by atoms with E-state index in [1.54, 1.807) is 0 Å². The van der Waals surface area contributed by atoms with Crippen LogP contribution < -0.4 is 9.80 Å². The Balaban J connectivity index is 0.000000172. The smallest absolute Gasteiger partial charge is 0.778 e. The van der Waals surface area contributed by atoms with Gasteiger partial charge in [-0.15, -0.1) is 35.9 Å². The van der Waals surface area contributed by atoms with Crippen molar-refractivity contribution in [2.75, 3.05) is 16.8 Å². The van der Waals surface area contributed by atoms with Crippen molar-refractivity contribution in [3.05, 3.63) is 126 Å². The summed E-state index contributed by atoms with van der Waals surface area (Å²) in [7, 11) is 2.09. The van der Waals surface area contributed by atoms with Crippen LogP contribution in [0.15, 0.2) is 96.2 Å². The molecule has 44 heavy (non-hydrogen) atoms. The van der Waals surface area contributed by atoms with E-state index in [2.05, 4.69) is 141 Å². The van der Waals surface area contributed by atoms with Crippen LogP contribution in [0.5, 0.6) is 0 Å². The molecule has 5 aromatic rings. The molecule has 0 fully saturated rings. The summed E-state index contributed by atoms with van der Waals surface area (Å²) in [4.78, 5) is 9.94. The molecule has 0 saturated carbocycles. The average molecular weight is 776 g/mol. The Kier molecular flexibility index (Phi) is 9.09. The number of benzene rings is 4. The molecule has 0 unspecified atom stereocenters. The average Bonchev–Trinajstić information content (AvgIpc) is 3.62. The molecule has 0 atom stereocenters. The second-order valence-electron chi connectivity index (χ2n) is 12.5. The Bertz CT molecular complexity index is 1750. The number of nitrogens with zero attached hydrogens (tertiary/aromatic N) is 4. The van der Waals surface area contributed by atoms with E-state index in [9.17, 15) is 0 Å². The molecule has 0 amide bonds. The van der Waals surface area contributed by atoms with Crippen LogP contribution in [0, 0.1) is 12.7 Å². The van der Waals surface area contributed by atoms with Crippen LogP contribution in [0.25, 0.3) is 17.1 Å².